The summed E-state index contributed by atoms with van der Waals surface area (Å²) in [5, 5.41) is 4.41. The Balaban J connectivity index is 2.09. The van der Waals surface area contributed by atoms with Crippen LogP contribution in [0.25, 0.3) is 10.9 Å². The number of benzene rings is 2. The Kier molecular flexibility index (Phi) is 3.55. The van der Waals surface area contributed by atoms with Gasteiger partial charge in [0, 0.05) is 27.4 Å². The number of hydrogen-bond donors (Lipinski definition) is 2. The first kappa shape index (κ1) is 13.9. The molecule has 2 aromatic carbocycles. The average molecular weight is 342 g/mol. The first-order valence-electron chi connectivity index (χ1n) is 6.73. The second-order valence-electron chi connectivity index (χ2n) is 5.15. The molecule has 3 rings (SSSR count). The van der Waals surface area contributed by atoms with Crippen molar-refractivity contribution in [2.45, 2.75) is 13.8 Å². The molecular formula is C17H16BrN3. The number of nitrogens with zero attached hydrogens (tertiary/aromatic N) is 1. The average Bonchev–Trinajstić information content (AvgIpc) is 2.48. The highest BCUT2D eigenvalue weighted by molar-refractivity contribution is 9.10. The number of pyridine rings is 1. The largest absolute Gasteiger partial charge is 0.398 e. The smallest absolute Gasteiger partial charge is 0.0957 e. The van der Waals surface area contributed by atoms with Crippen LogP contribution in [-0.4, -0.2) is 4.98 Å². The topological polar surface area (TPSA) is 50.9 Å². The molecular weight excluding hydrogens is 326 g/mol. The highest BCUT2D eigenvalue weighted by atomic mass is 79.9. The van der Waals surface area contributed by atoms with E-state index in [9.17, 15) is 0 Å². The highest BCUT2D eigenvalue weighted by Gasteiger charge is 2.07. The molecule has 0 radical (unpaired) electrons. The monoisotopic (exact) mass is 341 g/mol. The van der Waals surface area contributed by atoms with Gasteiger partial charge in [0.15, 0.2) is 0 Å². The van der Waals surface area contributed by atoms with E-state index in [0.717, 1.165) is 32.4 Å². The minimum absolute atomic E-state index is 0.742. The van der Waals surface area contributed by atoms with Crippen molar-refractivity contribution in [3.05, 3.63) is 58.2 Å². The van der Waals surface area contributed by atoms with Crippen molar-refractivity contribution in [1.29, 1.82) is 0 Å². The van der Waals surface area contributed by atoms with Crippen LogP contribution in [0.3, 0.4) is 0 Å². The van der Waals surface area contributed by atoms with Crippen LogP contribution in [0.15, 0.2) is 47.1 Å². The number of anilines is 3. The molecule has 3 N–H and O–H groups in total. The van der Waals surface area contributed by atoms with E-state index >= 15 is 0 Å². The molecule has 0 bridgehead atoms. The molecule has 0 spiro atoms. The molecule has 3 nitrogen and oxygen atoms in total. The zero-order chi connectivity index (χ0) is 15.0. The number of hydrogen-bond acceptors (Lipinski definition) is 3. The molecule has 21 heavy (non-hydrogen) atoms. The van der Waals surface area contributed by atoms with Crippen molar-refractivity contribution in [2.75, 3.05) is 11.1 Å². The normalized spacial score (nSPS) is 10.8. The number of nitrogen functional groups attached to an aromatic ring is 1. The molecule has 106 valence electrons. The molecule has 0 saturated heterocycles. The van der Waals surface area contributed by atoms with Gasteiger partial charge in [0.2, 0.25) is 0 Å². The molecule has 3 aromatic rings. The van der Waals surface area contributed by atoms with Crippen LogP contribution in [-0.2, 0) is 0 Å². The van der Waals surface area contributed by atoms with E-state index in [0.29, 0.717) is 0 Å². The third-order valence-electron chi connectivity index (χ3n) is 3.52. The van der Waals surface area contributed by atoms with Crippen molar-refractivity contribution < 1.29 is 0 Å². The number of rotatable bonds is 2. The van der Waals surface area contributed by atoms with Gasteiger partial charge in [-0.15, -0.1) is 0 Å². The number of fused-ring (bicyclic) bond motifs is 1. The molecule has 0 fully saturated rings. The summed E-state index contributed by atoms with van der Waals surface area (Å²) in [6, 6.07) is 12.0. The molecule has 0 aliphatic carbocycles. The van der Waals surface area contributed by atoms with E-state index in [1.165, 1.54) is 11.1 Å². The Morgan fingerprint density at radius 2 is 1.81 bits per heavy atom. The maximum atomic E-state index is 6.01. The maximum Gasteiger partial charge on any atom is 0.0957 e. The van der Waals surface area contributed by atoms with E-state index in [-0.39, 0.29) is 0 Å². The first-order chi connectivity index (χ1) is 10.1. The zero-order valence-electron chi connectivity index (χ0n) is 11.9. The SMILES string of the molecule is Cc1cc(Nc2ccc(N)c3cccnc23)cc(C)c1Br. The van der Waals surface area contributed by atoms with Gasteiger partial charge in [0.1, 0.15) is 0 Å². The summed E-state index contributed by atoms with van der Waals surface area (Å²) in [6.07, 6.45) is 1.78. The lowest BCUT2D eigenvalue weighted by molar-refractivity contribution is 1.33. The van der Waals surface area contributed by atoms with Crippen LogP contribution < -0.4 is 11.1 Å². The minimum atomic E-state index is 0.742. The number of halogens is 1. The van der Waals surface area contributed by atoms with E-state index in [4.69, 9.17) is 5.73 Å². The lowest BCUT2D eigenvalue weighted by atomic mass is 10.1. The molecule has 0 amide bonds. The van der Waals surface area contributed by atoms with Crippen LogP contribution in [0.4, 0.5) is 17.1 Å². The maximum absolute atomic E-state index is 6.01. The van der Waals surface area contributed by atoms with E-state index in [1.807, 2.05) is 24.3 Å². The fraction of sp³-hybridized carbons (Fsp3) is 0.118. The van der Waals surface area contributed by atoms with E-state index in [2.05, 4.69) is 52.2 Å². The molecule has 0 saturated carbocycles. The minimum Gasteiger partial charge on any atom is -0.398 e. The van der Waals surface area contributed by atoms with Crippen molar-refractivity contribution in [2.24, 2.45) is 0 Å². The number of nitrogens with two attached hydrogens (primary N) is 1. The van der Waals surface area contributed by atoms with E-state index in [1.54, 1.807) is 6.20 Å². The summed E-state index contributed by atoms with van der Waals surface area (Å²) in [4.78, 5) is 4.45. The Morgan fingerprint density at radius 3 is 2.52 bits per heavy atom. The first-order valence-corrected chi connectivity index (χ1v) is 7.52. The Bertz CT molecular complexity index is 804. The third kappa shape index (κ3) is 2.59. The van der Waals surface area contributed by atoms with Gasteiger partial charge in [-0.05, 0) is 61.4 Å². The van der Waals surface area contributed by atoms with Gasteiger partial charge in [-0.25, -0.2) is 0 Å². The summed E-state index contributed by atoms with van der Waals surface area (Å²) in [5.74, 6) is 0. The van der Waals surface area contributed by atoms with Crippen molar-refractivity contribution >= 4 is 43.9 Å². The molecule has 1 aromatic heterocycles. The summed E-state index contributed by atoms with van der Waals surface area (Å²) >= 11 is 3.59. The van der Waals surface area contributed by atoms with Gasteiger partial charge in [-0.3, -0.25) is 4.98 Å². The summed E-state index contributed by atoms with van der Waals surface area (Å²) in [7, 11) is 0. The predicted molar refractivity (Wildman–Crippen MR) is 93.1 cm³/mol. The lowest BCUT2D eigenvalue weighted by Gasteiger charge is -2.13. The van der Waals surface area contributed by atoms with Gasteiger partial charge >= 0.3 is 0 Å². The summed E-state index contributed by atoms with van der Waals surface area (Å²) in [6.45, 7) is 4.17. The van der Waals surface area contributed by atoms with Gasteiger partial charge < -0.3 is 11.1 Å². The quantitative estimate of drug-likeness (QED) is 0.649. The fourth-order valence-corrected chi connectivity index (χ4v) is 2.70. The highest BCUT2D eigenvalue weighted by Crippen LogP contribution is 2.31. The summed E-state index contributed by atoms with van der Waals surface area (Å²) < 4.78 is 1.15. The van der Waals surface area contributed by atoms with Gasteiger partial charge in [0.05, 0.1) is 11.2 Å². The Hall–Kier alpha value is -2.07. The van der Waals surface area contributed by atoms with Gasteiger partial charge in [-0.1, -0.05) is 15.9 Å². The van der Waals surface area contributed by atoms with Crippen LogP contribution in [0.5, 0.6) is 0 Å². The second-order valence-corrected chi connectivity index (χ2v) is 5.94. The standard InChI is InChI=1S/C17H16BrN3/c1-10-8-12(9-11(2)16(10)18)21-15-6-5-14(19)13-4-3-7-20-17(13)15/h3-9,21H,19H2,1-2H3. The molecule has 1 heterocycles. The van der Waals surface area contributed by atoms with Gasteiger partial charge in [-0.2, -0.15) is 0 Å². The summed E-state index contributed by atoms with van der Waals surface area (Å²) in [5.41, 5.74) is 12.0. The molecule has 4 heteroatoms. The Labute approximate surface area is 132 Å². The van der Waals surface area contributed by atoms with Crippen LogP contribution >= 0.6 is 15.9 Å². The van der Waals surface area contributed by atoms with Gasteiger partial charge in [0.25, 0.3) is 0 Å². The second kappa shape index (κ2) is 5.37. The lowest BCUT2D eigenvalue weighted by Crippen LogP contribution is -1.97. The predicted octanol–water partition coefficient (Wildman–Crippen LogP) is 4.94. The molecule has 0 aliphatic rings. The number of nitrogens with one attached hydrogen (secondary N) is 1. The van der Waals surface area contributed by atoms with Crippen molar-refractivity contribution in [1.82, 2.24) is 4.98 Å². The number of aryl methyl sites for hydroxylation is 2. The molecule has 0 atom stereocenters. The zero-order valence-corrected chi connectivity index (χ0v) is 13.5. The number of aromatic nitrogens is 1. The van der Waals surface area contributed by atoms with Crippen LogP contribution in [0, 0.1) is 13.8 Å². The Morgan fingerprint density at radius 1 is 1.10 bits per heavy atom. The van der Waals surface area contributed by atoms with Crippen LogP contribution in [0.2, 0.25) is 0 Å². The van der Waals surface area contributed by atoms with Crippen molar-refractivity contribution in [3.8, 4) is 0 Å². The van der Waals surface area contributed by atoms with E-state index < -0.39 is 0 Å². The van der Waals surface area contributed by atoms with Crippen LogP contribution in [0.1, 0.15) is 11.1 Å². The molecule has 0 unspecified atom stereocenters. The van der Waals surface area contributed by atoms with Crippen molar-refractivity contribution in [3.63, 3.8) is 0 Å². The third-order valence-corrected chi connectivity index (χ3v) is 4.77. The molecule has 0 aliphatic heterocycles. The fourth-order valence-electron chi connectivity index (χ4n) is 2.47.